The first-order chi connectivity index (χ1) is 7.56. The molecule has 2 aliphatic heterocycles. The molecule has 0 aromatic carbocycles. The molecule has 16 heavy (non-hydrogen) atoms. The molecule has 3 heteroatoms. The van der Waals surface area contributed by atoms with E-state index in [1.807, 2.05) is 0 Å². The Morgan fingerprint density at radius 3 is 2.38 bits per heavy atom. The molecule has 2 heterocycles. The van der Waals surface area contributed by atoms with Crippen LogP contribution in [0, 0.1) is 0 Å². The number of hydrogen-bond donors (Lipinski definition) is 0. The second kappa shape index (κ2) is 5.03. The second-order valence-corrected chi connectivity index (χ2v) is 5.97. The van der Waals surface area contributed by atoms with Crippen LogP contribution >= 0.6 is 0 Å². The third-order valence-corrected chi connectivity index (χ3v) is 3.49. The van der Waals surface area contributed by atoms with Crippen LogP contribution in [0.15, 0.2) is 0 Å². The third-order valence-electron chi connectivity index (χ3n) is 3.49. The van der Waals surface area contributed by atoms with Crippen molar-refractivity contribution in [3.8, 4) is 0 Å². The van der Waals surface area contributed by atoms with Crippen molar-refractivity contribution in [1.29, 1.82) is 0 Å². The summed E-state index contributed by atoms with van der Waals surface area (Å²) in [7, 11) is 0. The molecule has 2 fully saturated rings. The highest BCUT2D eigenvalue weighted by Gasteiger charge is 2.36. The largest absolute Gasteiger partial charge is 0.378 e. The van der Waals surface area contributed by atoms with Crippen LogP contribution in [0.3, 0.4) is 0 Å². The Hall–Kier alpha value is -0.120. The summed E-state index contributed by atoms with van der Waals surface area (Å²) in [4.78, 5) is 2.63. The summed E-state index contributed by atoms with van der Waals surface area (Å²) < 4.78 is 11.3. The molecule has 2 bridgehead atoms. The van der Waals surface area contributed by atoms with Crippen molar-refractivity contribution >= 4 is 0 Å². The average Bonchev–Trinajstić information content (AvgIpc) is 2.45. The molecule has 0 N–H and O–H groups in total. The standard InChI is InChI=1S/C13H25NO2/c1-13(2,3)16-8-4-7-14-11-5-6-12(14)10-15-9-11/h11-12H,4-10H2,1-3H3. The summed E-state index contributed by atoms with van der Waals surface area (Å²) >= 11 is 0. The first-order valence-electron chi connectivity index (χ1n) is 6.54. The van der Waals surface area contributed by atoms with Gasteiger partial charge in [-0.1, -0.05) is 0 Å². The Balaban J connectivity index is 1.67. The fourth-order valence-electron chi connectivity index (χ4n) is 2.70. The molecule has 3 nitrogen and oxygen atoms in total. The number of ether oxygens (including phenoxy) is 2. The molecule has 2 atom stereocenters. The lowest BCUT2D eigenvalue weighted by molar-refractivity contribution is -0.0320. The topological polar surface area (TPSA) is 21.7 Å². The summed E-state index contributed by atoms with van der Waals surface area (Å²) in [5.74, 6) is 0. The average molecular weight is 227 g/mol. The highest BCUT2D eigenvalue weighted by molar-refractivity contribution is 4.90. The highest BCUT2D eigenvalue weighted by atomic mass is 16.5. The molecule has 0 saturated carbocycles. The van der Waals surface area contributed by atoms with E-state index in [1.54, 1.807) is 0 Å². The van der Waals surface area contributed by atoms with Crippen molar-refractivity contribution in [2.75, 3.05) is 26.4 Å². The Labute approximate surface area is 99.1 Å². The third kappa shape index (κ3) is 3.19. The molecule has 0 aliphatic carbocycles. The molecule has 94 valence electrons. The van der Waals surface area contributed by atoms with Crippen molar-refractivity contribution in [2.45, 2.75) is 57.7 Å². The van der Waals surface area contributed by atoms with Gasteiger partial charge in [0.25, 0.3) is 0 Å². The lowest BCUT2D eigenvalue weighted by Crippen LogP contribution is -2.46. The van der Waals surface area contributed by atoms with Gasteiger partial charge in [-0.05, 0) is 40.0 Å². The van der Waals surface area contributed by atoms with Crippen LogP contribution in [0.2, 0.25) is 0 Å². The lowest BCUT2D eigenvalue weighted by atomic mass is 10.2. The zero-order valence-electron chi connectivity index (χ0n) is 10.9. The van der Waals surface area contributed by atoms with Gasteiger partial charge >= 0.3 is 0 Å². The normalized spacial score (nSPS) is 30.9. The summed E-state index contributed by atoms with van der Waals surface area (Å²) in [6.07, 6.45) is 3.79. The van der Waals surface area contributed by atoms with Crippen LogP contribution in [0.1, 0.15) is 40.0 Å². The van der Waals surface area contributed by atoms with Gasteiger partial charge in [-0.2, -0.15) is 0 Å². The van der Waals surface area contributed by atoms with Crippen LogP contribution < -0.4 is 0 Å². The minimum absolute atomic E-state index is 0.00396. The molecule has 2 aliphatic rings. The molecular weight excluding hydrogens is 202 g/mol. The van der Waals surface area contributed by atoms with Crippen molar-refractivity contribution in [3.63, 3.8) is 0 Å². The second-order valence-electron chi connectivity index (χ2n) is 5.97. The first-order valence-corrected chi connectivity index (χ1v) is 6.54. The van der Waals surface area contributed by atoms with Crippen LogP contribution in [0.25, 0.3) is 0 Å². The molecule has 2 saturated heterocycles. The highest BCUT2D eigenvalue weighted by Crippen LogP contribution is 2.28. The molecular formula is C13H25NO2. The van der Waals surface area contributed by atoms with Gasteiger partial charge in [0.1, 0.15) is 0 Å². The van der Waals surface area contributed by atoms with E-state index in [0.717, 1.165) is 26.2 Å². The predicted molar refractivity (Wildman–Crippen MR) is 64.7 cm³/mol. The molecule has 0 aromatic rings. The van der Waals surface area contributed by atoms with E-state index in [1.165, 1.54) is 19.4 Å². The van der Waals surface area contributed by atoms with E-state index in [2.05, 4.69) is 25.7 Å². The van der Waals surface area contributed by atoms with Crippen molar-refractivity contribution < 1.29 is 9.47 Å². The molecule has 0 amide bonds. The van der Waals surface area contributed by atoms with Crippen molar-refractivity contribution in [3.05, 3.63) is 0 Å². The number of fused-ring (bicyclic) bond motifs is 2. The molecule has 2 unspecified atom stereocenters. The number of rotatable bonds is 4. The number of morpholine rings is 1. The van der Waals surface area contributed by atoms with E-state index < -0.39 is 0 Å². The van der Waals surface area contributed by atoms with Crippen molar-refractivity contribution in [1.82, 2.24) is 4.90 Å². The van der Waals surface area contributed by atoms with Gasteiger partial charge in [0.2, 0.25) is 0 Å². The summed E-state index contributed by atoms with van der Waals surface area (Å²) in [6.45, 7) is 10.3. The molecule has 0 radical (unpaired) electrons. The monoisotopic (exact) mass is 227 g/mol. The van der Waals surface area contributed by atoms with Gasteiger partial charge < -0.3 is 9.47 Å². The van der Waals surface area contributed by atoms with Gasteiger partial charge in [0.05, 0.1) is 18.8 Å². The number of hydrogen-bond acceptors (Lipinski definition) is 3. The maximum absolute atomic E-state index is 5.75. The molecule has 2 rings (SSSR count). The van der Waals surface area contributed by atoms with E-state index >= 15 is 0 Å². The maximum atomic E-state index is 5.75. The Bertz CT molecular complexity index is 208. The number of nitrogens with zero attached hydrogens (tertiary/aromatic N) is 1. The van der Waals surface area contributed by atoms with Crippen LogP contribution in [-0.4, -0.2) is 49.0 Å². The zero-order chi connectivity index (χ0) is 11.6. The van der Waals surface area contributed by atoms with E-state index in [0.29, 0.717) is 12.1 Å². The van der Waals surface area contributed by atoms with Gasteiger partial charge in [-0.15, -0.1) is 0 Å². The molecule has 0 spiro atoms. The van der Waals surface area contributed by atoms with Crippen molar-refractivity contribution in [2.24, 2.45) is 0 Å². The quantitative estimate of drug-likeness (QED) is 0.686. The Morgan fingerprint density at radius 1 is 1.19 bits per heavy atom. The summed E-state index contributed by atoms with van der Waals surface area (Å²) in [6, 6.07) is 1.38. The minimum atomic E-state index is 0.00396. The van der Waals surface area contributed by atoms with Crippen LogP contribution in [-0.2, 0) is 9.47 Å². The Morgan fingerprint density at radius 2 is 1.81 bits per heavy atom. The first kappa shape index (κ1) is 12.3. The lowest BCUT2D eigenvalue weighted by Gasteiger charge is -2.34. The maximum Gasteiger partial charge on any atom is 0.0622 e. The van der Waals surface area contributed by atoms with Crippen LogP contribution in [0.5, 0.6) is 0 Å². The SMILES string of the molecule is CC(C)(C)OCCCN1C2CCC1COC2. The van der Waals surface area contributed by atoms with E-state index in [9.17, 15) is 0 Å². The van der Waals surface area contributed by atoms with Gasteiger partial charge in [0.15, 0.2) is 0 Å². The summed E-state index contributed by atoms with van der Waals surface area (Å²) in [5.41, 5.74) is 0.00396. The van der Waals surface area contributed by atoms with Crippen LogP contribution in [0.4, 0.5) is 0 Å². The van der Waals surface area contributed by atoms with Gasteiger partial charge in [0, 0.05) is 25.2 Å². The smallest absolute Gasteiger partial charge is 0.0622 e. The minimum Gasteiger partial charge on any atom is -0.378 e. The predicted octanol–water partition coefficient (Wildman–Crippen LogP) is 2.05. The Kier molecular flexibility index (Phi) is 3.88. The fraction of sp³-hybridized carbons (Fsp3) is 1.00. The fourth-order valence-corrected chi connectivity index (χ4v) is 2.70. The molecule has 0 aromatic heterocycles. The zero-order valence-corrected chi connectivity index (χ0v) is 10.9. The van der Waals surface area contributed by atoms with Gasteiger partial charge in [-0.3, -0.25) is 4.90 Å². The van der Waals surface area contributed by atoms with E-state index in [4.69, 9.17) is 9.47 Å². The van der Waals surface area contributed by atoms with E-state index in [-0.39, 0.29) is 5.60 Å². The summed E-state index contributed by atoms with van der Waals surface area (Å²) in [5, 5.41) is 0. The van der Waals surface area contributed by atoms with Gasteiger partial charge in [-0.25, -0.2) is 0 Å².